The van der Waals surface area contributed by atoms with Crippen LogP contribution in [0.5, 0.6) is 0 Å². The first-order valence-electron chi connectivity index (χ1n) is 4.06. The highest BCUT2D eigenvalue weighted by Gasteiger charge is 2.16. The molecule has 0 aromatic rings. The fraction of sp³-hybridized carbons (Fsp3) is 1.00. The predicted molar refractivity (Wildman–Crippen MR) is 48.4 cm³/mol. The van der Waals surface area contributed by atoms with Gasteiger partial charge in [0.25, 0.3) is 0 Å². The molecule has 0 N–H and O–H groups in total. The number of rotatable bonds is 4. The summed E-state index contributed by atoms with van der Waals surface area (Å²) in [6.45, 7) is 5.95. The molecule has 2 nitrogen and oxygen atoms in total. The third-order valence-corrected chi connectivity index (χ3v) is 3.82. The number of hydrogen-bond acceptors (Lipinski definition) is 2. The Morgan fingerprint density at radius 1 is 1.27 bits per heavy atom. The van der Waals surface area contributed by atoms with Crippen LogP contribution >= 0.6 is 0 Å². The molecule has 0 rings (SSSR count). The van der Waals surface area contributed by atoms with Gasteiger partial charge in [0.1, 0.15) is 9.84 Å². The molecule has 0 radical (unpaired) electrons. The predicted octanol–water partition coefficient (Wildman–Crippen LogP) is 1.86. The molecule has 11 heavy (non-hydrogen) atoms. The van der Waals surface area contributed by atoms with Crippen molar-refractivity contribution in [2.75, 3.05) is 6.26 Å². The zero-order chi connectivity index (χ0) is 9.07. The first-order valence-corrected chi connectivity index (χ1v) is 6.02. The molecule has 0 aliphatic rings. The maximum Gasteiger partial charge on any atom is 0.150 e. The van der Waals surface area contributed by atoms with Crippen LogP contribution in [0.2, 0.25) is 0 Å². The zero-order valence-electron chi connectivity index (χ0n) is 7.79. The SMILES string of the molecule is CCC(C)CC(C)S(C)(=O)=O. The lowest BCUT2D eigenvalue weighted by atomic mass is 10.0. The first kappa shape index (κ1) is 11.0. The summed E-state index contributed by atoms with van der Waals surface area (Å²) in [7, 11) is -2.81. The van der Waals surface area contributed by atoms with Crippen molar-refractivity contribution in [3.8, 4) is 0 Å². The van der Waals surface area contributed by atoms with Gasteiger partial charge in [-0.05, 0) is 19.3 Å². The van der Waals surface area contributed by atoms with E-state index in [1.807, 2.05) is 0 Å². The molecule has 3 heteroatoms. The topological polar surface area (TPSA) is 34.1 Å². The van der Waals surface area contributed by atoms with E-state index in [2.05, 4.69) is 13.8 Å². The first-order chi connectivity index (χ1) is 4.88. The van der Waals surface area contributed by atoms with Crippen LogP contribution in [0.15, 0.2) is 0 Å². The lowest BCUT2D eigenvalue weighted by Crippen LogP contribution is -2.18. The van der Waals surface area contributed by atoms with Gasteiger partial charge < -0.3 is 0 Å². The van der Waals surface area contributed by atoms with Crippen molar-refractivity contribution < 1.29 is 8.42 Å². The van der Waals surface area contributed by atoms with Crippen LogP contribution in [0.4, 0.5) is 0 Å². The van der Waals surface area contributed by atoms with Gasteiger partial charge in [-0.15, -0.1) is 0 Å². The summed E-state index contributed by atoms with van der Waals surface area (Å²) >= 11 is 0. The average Bonchev–Trinajstić information content (AvgIpc) is 1.85. The summed E-state index contributed by atoms with van der Waals surface area (Å²) in [6, 6.07) is 0. The van der Waals surface area contributed by atoms with Gasteiger partial charge in [0.15, 0.2) is 0 Å². The van der Waals surface area contributed by atoms with Crippen molar-refractivity contribution in [2.45, 2.75) is 38.9 Å². The Kier molecular flexibility index (Phi) is 4.08. The third kappa shape index (κ3) is 4.40. The summed E-state index contributed by atoms with van der Waals surface area (Å²) in [5.74, 6) is 0.514. The summed E-state index contributed by atoms with van der Waals surface area (Å²) < 4.78 is 22.0. The average molecular weight is 178 g/mol. The highest BCUT2D eigenvalue weighted by atomic mass is 32.2. The monoisotopic (exact) mass is 178 g/mol. The zero-order valence-corrected chi connectivity index (χ0v) is 8.61. The van der Waals surface area contributed by atoms with Crippen LogP contribution in [0, 0.1) is 5.92 Å². The molecule has 0 aliphatic heterocycles. The second kappa shape index (κ2) is 4.10. The lowest BCUT2D eigenvalue weighted by Gasteiger charge is -2.13. The molecule has 0 fully saturated rings. The molecule has 0 aromatic carbocycles. The van der Waals surface area contributed by atoms with E-state index in [-0.39, 0.29) is 5.25 Å². The van der Waals surface area contributed by atoms with E-state index in [1.54, 1.807) is 6.92 Å². The van der Waals surface area contributed by atoms with Gasteiger partial charge in [0.2, 0.25) is 0 Å². The van der Waals surface area contributed by atoms with Crippen LogP contribution < -0.4 is 0 Å². The maximum atomic E-state index is 11.0. The van der Waals surface area contributed by atoms with Crippen LogP contribution in [0.3, 0.4) is 0 Å². The minimum Gasteiger partial charge on any atom is -0.229 e. The Labute approximate surface area is 69.9 Å². The minimum absolute atomic E-state index is 0.183. The summed E-state index contributed by atoms with van der Waals surface area (Å²) in [4.78, 5) is 0. The van der Waals surface area contributed by atoms with Gasteiger partial charge in [0.05, 0.1) is 5.25 Å². The van der Waals surface area contributed by atoms with E-state index >= 15 is 0 Å². The van der Waals surface area contributed by atoms with Crippen LogP contribution in [0.1, 0.15) is 33.6 Å². The molecule has 2 atom stereocenters. The lowest BCUT2D eigenvalue weighted by molar-refractivity contribution is 0.497. The molecule has 0 bridgehead atoms. The van der Waals surface area contributed by atoms with E-state index in [0.29, 0.717) is 5.92 Å². The van der Waals surface area contributed by atoms with Crippen LogP contribution in [-0.4, -0.2) is 19.9 Å². The summed E-state index contributed by atoms with van der Waals surface area (Å²) in [6.07, 6.45) is 3.15. The molecular weight excluding hydrogens is 160 g/mol. The van der Waals surface area contributed by atoms with Crippen LogP contribution in [0.25, 0.3) is 0 Å². The van der Waals surface area contributed by atoms with Gasteiger partial charge in [-0.2, -0.15) is 0 Å². The molecule has 0 saturated heterocycles. The van der Waals surface area contributed by atoms with Crippen molar-refractivity contribution >= 4 is 9.84 Å². The van der Waals surface area contributed by atoms with Crippen LogP contribution in [-0.2, 0) is 9.84 Å². The van der Waals surface area contributed by atoms with Gasteiger partial charge in [-0.1, -0.05) is 20.3 Å². The Hall–Kier alpha value is -0.0500. The van der Waals surface area contributed by atoms with Crippen molar-refractivity contribution in [3.63, 3.8) is 0 Å². The van der Waals surface area contributed by atoms with E-state index < -0.39 is 9.84 Å². The van der Waals surface area contributed by atoms with Gasteiger partial charge in [-0.3, -0.25) is 0 Å². The molecule has 2 unspecified atom stereocenters. The Morgan fingerprint density at radius 2 is 1.73 bits per heavy atom. The fourth-order valence-electron chi connectivity index (χ4n) is 0.908. The highest BCUT2D eigenvalue weighted by molar-refractivity contribution is 7.91. The summed E-state index contributed by atoms with van der Waals surface area (Å²) in [5, 5.41) is -0.183. The maximum absolute atomic E-state index is 11.0. The standard InChI is InChI=1S/C8H18O2S/c1-5-7(2)6-8(3)11(4,9)10/h7-8H,5-6H2,1-4H3. The van der Waals surface area contributed by atoms with Crippen molar-refractivity contribution in [1.29, 1.82) is 0 Å². The molecule has 0 amide bonds. The quantitative estimate of drug-likeness (QED) is 0.658. The molecule has 0 aromatic heterocycles. The Morgan fingerprint density at radius 3 is 2.00 bits per heavy atom. The van der Waals surface area contributed by atoms with Crippen molar-refractivity contribution in [3.05, 3.63) is 0 Å². The molecule has 68 valence electrons. The molecular formula is C8H18O2S. The number of hydrogen-bond donors (Lipinski definition) is 0. The van der Waals surface area contributed by atoms with E-state index in [9.17, 15) is 8.42 Å². The van der Waals surface area contributed by atoms with E-state index in [0.717, 1.165) is 12.8 Å². The number of sulfone groups is 1. The minimum atomic E-state index is -2.81. The largest absolute Gasteiger partial charge is 0.229 e. The molecule has 0 aliphatic carbocycles. The van der Waals surface area contributed by atoms with E-state index in [1.165, 1.54) is 6.26 Å². The molecule has 0 spiro atoms. The Balaban J connectivity index is 3.98. The smallest absolute Gasteiger partial charge is 0.150 e. The van der Waals surface area contributed by atoms with Crippen molar-refractivity contribution in [2.24, 2.45) is 5.92 Å². The molecule has 0 heterocycles. The molecule has 0 saturated carbocycles. The third-order valence-electron chi connectivity index (χ3n) is 2.16. The second-order valence-corrected chi connectivity index (χ2v) is 5.85. The van der Waals surface area contributed by atoms with E-state index in [4.69, 9.17) is 0 Å². The van der Waals surface area contributed by atoms with Crippen molar-refractivity contribution in [1.82, 2.24) is 0 Å². The fourth-order valence-corrected chi connectivity index (χ4v) is 1.59. The van der Waals surface area contributed by atoms with Gasteiger partial charge in [0, 0.05) is 6.26 Å². The van der Waals surface area contributed by atoms with Gasteiger partial charge >= 0.3 is 0 Å². The summed E-state index contributed by atoms with van der Waals surface area (Å²) in [5.41, 5.74) is 0. The highest BCUT2D eigenvalue weighted by Crippen LogP contribution is 2.14. The normalized spacial score (nSPS) is 17.8. The second-order valence-electron chi connectivity index (χ2n) is 3.39. The Bertz CT molecular complexity index is 194. The van der Waals surface area contributed by atoms with Gasteiger partial charge in [-0.25, -0.2) is 8.42 Å².